The van der Waals surface area contributed by atoms with Gasteiger partial charge in [0.1, 0.15) is 10.7 Å². The van der Waals surface area contributed by atoms with Crippen LogP contribution in [0.5, 0.6) is 0 Å². The average molecular weight is 518 g/mol. The zero-order chi connectivity index (χ0) is 26.5. The Morgan fingerprint density at radius 3 is 2.27 bits per heavy atom. The van der Waals surface area contributed by atoms with Gasteiger partial charge in [0.25, 0.3) is 17.7 Å². The molecule has 0 fully saturated rings. The van der Waals surface area contributed by atoms with E-state index < -0.39 is 23.7 Å². The van der Waals surface area contributed by atoms with Crippen molar-refractivity contribution < 1.29 is 23.9 Å². The molecule has 188 valence electrons. The highest BCUT2D eigenvalue weighted by molar-refractivity contribution is 6.53. The van der Waals surface area contributed by atoms with Crippen LogP contribution in [0.4, 0.5) is 17.1 Å². The number of nitrogens with one attached hydrogen (secondary N) is 2. The van der Waals surface area contributed by atoms with Gasteiger partial charge in [-0.25, -0.2) is 9.69 Å². The smallest absolute Gasteiger partial charge is 0.338 e. The van der Waals surface area contributed by atoms with Crippen molar-refractivity contribution in [2.45, 2.75) is 20.3 Å². The third kappa shape index (κ3) is 5.70. The van der Waals surface area contributed by atoms with Crippen LogP contribution in [0, 0.1) is 6.92 Å². The van der Waals surface area contributed by atoms with Crippen LogP contribution in [-0.2, 0) is 14.3 Å². The first-order chi connectivity index (χ1) is 17.8. The van der Waals surface area contributed by atoms with Gasteiger partial charge in [0.05, 0.1) is 17.9 Å². The van der Waals surface area contributed by atoms with E-state index in [2.05, 4.69) is 10.6 Å². The van der Waals surface area contributed by atoms with Crippen molar-refractivity contribution in [2.24, 2.45) is 0 Å². The van der Waals surface area contributed by atoms with E-state index in [0.717, 1.165) is 16.9 Å². The summed E-state index contributed by atoms with van der Waals surface area (Å²) in [6.45, 7) is 4.15. The minimum atomic E-state index is -0.631. The number of esters is 1. The molecule has 8 nitrogen and oxygen atoms in total. The fourth-order valence-electron chi connectivity index (χ4n) is 3.59. The number of ether oxygens (including phenoxy) is 1. The molecule has 1 aliphatic heterocycles. The standard InChI is InChI=1S/C28H24ClN3O5/c1-3-15-37-28(36)18-9-11-20(12-10-18)31-25(33)19-5-4-6-21(16-19)30-24-23(29)26(34)32(27(24)35)22-13-7-17(2)8-14-22/h4-14,16,30H,3,15H2,1-2H3,(H,31,33). The van der Waals surface area contributed by atoms with E-state index in [1.807, 2.05) is 13.8 Å². The first kappa shape index (κ1) is 25.7. The third-order valence-corrected chi connectivity index (χ3v) is 5.88. The molecule has 1 heterocycles. The maximum atomic E-state index is 13.0. The molecule has 0 unspecified atom stereocenters. The quantitative estimate of drug-likeness (QED) is 0.312. The van der Waals surface area contributed by atoms with Gasteiger partial charge in [0, 0.05) is 16.9 Å². The number of rotatable bonds is 8. The van der Waals surface area contributed by atoms with Crippen LogP contribution in [0.2, 0.25) is 0 Å². The van der Waals surface area contributed by atoms with Crippen LogP contribution in [0.1, 0.15) is 39.6 Å². The fourth-order valence-corrected chi connectivity index (χ4v) is 3.81. The van der Waals surface area contributed by atoms with Gasteiger partial charge in [-0.3, -0.25) is 14.4 Å². The molecule has 0 aliphatic carbocycles. The number of halogens is 1. The highest BCUT2D eigenvalue weighted by Gasteiger charge is 2.38. The summed E-state index contributed by atoms with van der Waals surface area (Å²) in [6, 6.07) is 19.7. The normalized spacial score (nSPS) is 13.1. The van der Waals surface area contributed by atoms with Gasteiger partial charge in [-0.2, -0.15) is 0 Å². The van der Waals surface area contributed by atoms with Crippen molar-refractivity contribution >= 4 is 52.4 Å². The lowest BCUT2D eigenvalue weighted by Crippen LogP contribution is -2.32. The van der Waals surface area contributed by atoms with Crippen molar-refractivity contribution in [1.82, 2.24) is 0 Å². The number of nitrogens with zero attached hydrogens (tertiary/aromatic N) is 1. The Balaban J connectivity index is 1.45. The molecule has 9 heteroatoms. The SMILES string of the molecule is CCCOC(=O)c1ccc(NC(=O)c2cccc(NC3=C(Cl)C(=O)N(c4ccc(C)cc4)C3=O)c2)cc1. The van der Waals surface area contributed by atoms with E-state index in [-0.39, 0.29) is 10.7 Å². The number of anilines is 3. The molecule has 3 aromatic carbocycles. The lowest BCUT2D eigenvalue weighted by atomic mass is 10.1. The number of imide groups is 1. The first-order valence-corrected chi connectivity index (χ1v) is 12.0. The van der Waals surface area contributed by atoms with Crippen molar-refractivity contribution in [3.05, 3.63) is 100 Å². The number of carbonyl (C=O) groups excluding carboxylic acids is 4. The molecule has 3 aromatic rings. The van der Waals surface area contributed by atoms with Crippen molar-refractivity contribution in [1.29, 1.82) is 0 Å². The van der Waals surface area contributed by atoms with Crippen LogP contribution >= 0.6 is 11.6 Å². The number of amides is 3. The number of carbonyl (C=O) groups is 4. The topological polar surface area (TPSA) is 105 Å². The lowest BCUT2D eigenvalue weighted by molar-refractivity contribution is -0.120. The summed E-state index contributed by atoms with van der Waals surface area (Å²) >= 11 is 6.21. The minimum Gasteiger partial charge on any atom is -0.462 e. The minimum absolute atomic E-state index is 0.0738. The molecule has 2 N–H and O–H groups in total. The highest BCUT2D eigenvalue weighted by Crippen LogP contribution is 2.30. The summed E-state index contributed by atoms with van der Waals surface area (Å²) in [4.78, 5) is 51.4. The molecule has 0 spiro atoms. The monoisotopic (exact) mass is 517 g/mol. The summed E-state index contributed by atoms with van der Waals surface area (Å²) in [7, 11) is 0. The Morgan fingerprint density at radius 1 is 0.892 bits per heavy atom. The Morgan fingerprint density at radius 2 is 1.59 bits per heavy atom. The van der Waals surface area contributed by atoms with E-state index in [9.17, 15) is 19.2 Å². The van der Waals surface area contributed by atoms with Gasteiger partial charge >= 0.3 is 5.97 Å². The zero-order valence-electron chi connectivity index (χ0n) is 20.2. The lowest BCUT2D eigenvalue weighted by Gasteiger charge is -2.15. The van der Waals surface area contributed by atoms with Gasteiger partial charge in [0.15, 0.2) is 0 Å². The van der Waals surface area contributed by atoms with E-state index in [1.54, 1.807) is 66.7 Å². The highest BCUT2D eigenvalue weighted by atomic mass is 35.5. The fraction of sp³-hybridized carbons (Fsp3) is 0.143. The number of aryl methyl sites for hydroxylation is 1. The number of hydrogen-bond donors (Lipinski definition) is 2. The molecule has 1 aliphatic rings. The molecule has 0 aromatic heterocycles. The van der Waals surface area contributed by atoms with Crippen LogP contribution in [-0.4, -0.2) is 30.3 Å². The van der Waals surface area contributed by atoms with Gasteiger partial charge in [0.2, 0.25) is 0 Å². The first-order valence-electron chi connectivity index (χ1n) is 11.6. The van der Waals surface area contributed by atoms with Gasteiger partial charge in [-0.15, -0.1) is 0 Å². The Kier molecular flexibility index (Phi) is 7.69. The molecule has 4 rings (SSSR count). The summed E-state index contributed by atoms with van der Waals surface area (Å²) in [5.74, 6) is -2.05. The molecule has 0 bridgehead atoms. The van der Waals surface area contributed by atoms with Crippen molar-refractivity contribution in [2.75, 3.05) is 22.1 Å². The predicted molar refractivity (Wildman–Crippen MR) is 142 cm³/mol. The summed E-state index contributed by atoms with van der Waals surface area (Å²) < 4.78 is 5.10. The number of benzene rings is 3. The summed E-state index contributed by atoms with van der Waals surface area (Å²) in [6.07, 6.45) is 0.729. The molecule has 0 atom stereocenters. The second-order valence-electron chi connectivity index (χ2n) is 8.34. The zero-order valence-corrected chi connectivity index (χ0v) is 21.0. The molecule has 0 saturated carbocycles. The summed E-state index contributed by atoms with van der Waals surface area (Å²) in [5.41, 5.74) is 2.91. The Labute approximate surface area is 218 Å². The molecule has 3 amide bonds. The van der Waals surface area contributed by atoms with E-state index >= 15 is 0 Å². The van der Waals surface area contributed by atoms with Crippen molar-refractivity contribution in [3.8, 4) is 0 Å². The van der Waals surface area contributed by atoms with Crippen molar-refractivity contribution in [3.63, 3.8) is 0 Å². The van der Waals surface area contributed by atoms with E-state index in [0.29, 0.717) is 34.8 Å². The summed E-state index contributed by atoms with van der Waals surface area (Å²) in [5, 5.41) is 5.40. The molecule has 0 radical (unpaired) electrons. The van der Waals surface area contributed by atoms with E-state index in [1.165, 1.54) is 6.07 Å². The Bertz CT molecular complexity index is 1400. The molecule has 0 saturated heterocycles. The predicted octanol–water partition coefficient (Wildman–Crippen LogP) is 5.25. The van der Waals surface area contributed by atoms with Gasteiger partial charge in [-0.05, 0) is 67.9 Å². The third-order valence-electron chi connectivity index (χ3n) is 5.53. The van der Waals surface area contributed by atoms with Crippen LogP contribution < -0.4 is 15.5 Å². The van der Waals surface area contributed by atoms with Crippen LogP contribution in [0.15, 0.2) is 83.5 Å². The molecular weight excluding hydrogens is 494 g/mol. The second-order valence-corrected chi connectivity index (χ2v) is 8.72. The Hall–Kier alpha value is -4.43. The van der Waals surface area contributed by atoms with Crippen LogP contribution in [0.3, 0.4) is 0 Å². The van der Waals surface area contributed by atoms with Gasteiger partial charge < -0.3 is 15.4 Å². The van der Waals surface area contributed by atoms with Crippen LogP contribution in [0.25, 0.3) is 0 Å². The maximum Gasteiger partial charge on any atom is 0.338 e. The van der Waals surface area contributed by atoms with Gasteiger partial charge in [-0.1, -0.05) is 42.3 Å². The average Bonchev–Trinajstić information content (AvgIpc) is 3.11. The largest absolute Gasteiger partial charge is 0.462 e. The number of hydrogen-bond acceptors (Lipinski definition) is 6. The second kappa shape index (κ2) is 11.1. The molecular formula is C28H24ClN3O5. The maximum absolute atomic E-state index is 13.0. The van der Waals surface area contributed by atoms with E-state index in [4.69, 9.17) is 16.3 Å². The molecule has 37 heavy (non-hydrogen) atoms.